The Morgan fingerprint density at radius 2 is 0.496 bits per heavy atom. The van der Waals surface area contributed by atoms with Crippen LogP contribution in [0, 0.1) is 0 Å². The molecule has 49 heteroatoms. The smallest absolute Gasteiger partial charge is 0.280 e. The number of carbonyl (C=O) groups is 12. The third kappa shape index (κ3) is 21.5. The predicted molar refractivity (Wildman–Crippen MR) is 443 cm³/mol. The number of fused-ring (bicyclic) bond motifs is 4. The van der Waals surface area contributed by atoms with Crippen LogP contribution in [0.25, 0.3) is 44.7 Å². The van der Waals surface area contributed by atoms with Crippen LogP contribution < -0.4 is 87.7 Å². The molecule has 640 valence electrons. The molecule has 0 spiro atoms. The van der Waals surface area contributed by atoms with Crippen molar-refractivity contribution in [1.82, 2.24) is 101 Å². The van der Waals surface area contributed by atoms with E-state index in [9.17, 15) is 78.0 Å². The van der Waals surface area contributed by atoms with Gasteiger partial charge in [0.15, 0.2) is 44.7 Å². The quantitative estimate of drug-likeness (QED) is 0.0213. The van der Waals surface area contributed by atoms with Gasteiger partial charge in [-0.15, -0.1) is 0 Å². The summed E-state index contributed by atoms with van der Waals surface area (Å²) in [5.41, 5.74) is 21.3. The number of carbonyl (C=O) groups excluding carboxylic acids is 8. The minimum absolute atomic E-state index is 0.0178. The average Bonchev–Trinajstić information content (AvgIpc) is 0.758. The van der Waals surface area contributed by atoms with Crippen LogP contribution in [0.1, 0.15) is 116 Å². The van der Waals surface area contributed by atoms with Crippen LogP contribution in [0.15, 0.2) is 141 Å². The minimum Gasteiger partial charge on any atom is -0.291 e. The van der Waals surface area contributed by atoms with Crippen molar-refractivity contribution in [3.05, 3.63) is 208 Å². The van der Waals surface area contributed by atoms with Crippen LogP contribution in [-0.2, 0) is 64.5 Å². The summed E-state index contributed by atoms with van der Waals surface area (Å²) in [6.07, 6.45) is -3.58. The number of nitrogens with two attached hydrogens (primary N) is 4. The Bertz CT molecular complexity index is 5770. The zero-order valence-electron chi connectivity index (χ0n) is 64.8. The first-order chi connectivity index (χ1) is 59.7. The molecule has 0 saturated heterocycles. The molecule has 4 amide bonds. The van der Waals surface area contributed by atoms with Gasteiger partial charge in [-0.1, -0.05) is 0 Å². The molecule has 0 bridgehead atoms. The van der Waals surface area contributed by atoms with Crippen molar-refractivity contribution in [3.63, 3.8) is 0 Å². The summed E-state index contributed by atoms with van der Waals surface area (Å²) in [4.78, 5) is 280. The van der Waals surface area contributed by atoms with Gasteiger partial charge in [-0.3, -0.25) is 39.1 Å². The molecular formula is C76H72N28O20Sn. The number of anilines is 8. The Morgan fingerprint density at radius 3 is 0.680 bits per heavy atom. The second-order valence-electron chi connectivity index (χ2n) is 27.7. The topological polar surface area (TPSA) is 772 Å². The number of H-pyrrole nitrogens is 4. The van der Waals surface area contributed by atoms with Crippen molar-refractivity contribution >= 4 is 172 Å². The van der Waals surface area contributed by atoms with Gasteiger partial charge < -0.3 is 22.9 Å². The number of aromatic nitrogens is 16. The van der Waals surface area contributed by atoms with E-state index in [0.717, 1.165) is 0 Å². The molecule has 125 heavy (non-hydrogen) atoms. The van der Waals surface area contributed by atoms with Gasteiger partial charge in [0, 0.05) is 0 Å². The number of hydrogen-bond donors (Lipinski definition) is 20. The van der Waals surface area contributed by atoms with E-state index in [4.69, 9.17) is 22.9 Å². The molecule has 0 aliphatic carbocycles. The molecule has 8 heterocycles. The van der Waals surface area contributed by atoms with Gasteiger partial charge in [0.2, 0.25) is 23.8 Å². The molecule has 0 unspecified atom stereocenters. The summed E-state index contributed by atoms with van der Waals surface area (Å²) >= 11 is -7.43. The largest absolute Gasteiger partial charge is 0.291 e. The van der Waals surface area contributed by atoms with Crippen LogP contribution in [0.5, 0.6) is 0 Å². The number of aromatic amines is 4. The number of carboxylic acid groups (broad SMARTS) is 4. The van der Waals surface area contributed by atoms with Gasteiger partial charge in [0.25, 0.3) is 22.2 Å². The Balaban J connectivity index is 0.802. The second kappa shape index (κ2) is 38.6. The van der Waals surface area contributed by atoms with Crippen LogP contribution in [-0.4, -0.2) is 205 Å². The molecule has 8 aromatic heterocycles. The van der Waals surface area contributed by atoms with Crippen molar-refractivity contribution in [2.75, 3.05) is 44.2 Å². The fourth-order valence-electron chi connectivity index (χ4n) is 12.7. The van der Waals surface area contributed by atoms with E-state index in [0.29, 0.717) is 22.7 Å². The molecule has 24 N–H and O–H groups in total. The SMILES string of the molecule is Nc1nc2ncc(CNc3ccc(C(=O)N[C@@H](CC[C](=O)[Sn]([C](=O)CC[C@H](NC(=O)c4ccc(NCc5cnc6nc(N)[nH]c(=O)c6n5)cc4)C(=O)O)([C](=O)CC[C@H](NC(=O)c4ccc(NCc5cnc6nc(N)[nH]c(=O)c6n5)cc4)C(=O)O)[C](=O)CC[C@H](NC(=O)c4ccc(NCc5cnc6nc(N)[nH]c(=O)c6n5)cc4)C(=O)O)C(=O)O)cc3)nc2c(=O)[nH]1. The predicted octanol–water partition coefficient (Wildman–Crippen LogP) is -0.595. The number of nitrogens with zero attached hydrogens (tertiary/aromatic N) is 12. The third-order valence-corrected chi connectivity index (χ3v) is 31.6. The van der Waals surface area contributed by atoms with E-state index in [1.807, 2.05) is 0 Å². The number of nitrogen functional groups attached to an aromatic ring is 4. The second-order valence-corrected chi connectivity index (χ2v) is 38.4. The Morgan fingerprint density at radius 1 is 0.304 bits per heavy atom. The maximum atomic E-state index is 15.7. The molecule has 4 atom stereocenters. The summed E-state index contributed by atoms with van der Waals surface area (Å²) in [6.45, 7) is -0.0734. The Hall–Kier alpha value is -16.6. The summed E-state index contributed by atoms with van der Waals surface area (Å²) in [7, 11) is 0. The molecule has 48 nitrogen and oxygen atoms in total. The first-order valence-corrected chi connectivity index (χ1v) is 43.2. The molecule has 0 fully saturated rings. The zero-order valence-corrected chi connectivity index (χ0v) is 67.7. The van der Waals surface area contributed by atoms with Crippen molar-refractivity contribution in [2.45, 2.75) is 102 Å². The van der Waals surface area contributed by atoms with E-state index in [2.05, 4.69) is 122 Å². The van der Waals surface area contributed by atoms with Crippen LogP contribution >= 0.6 is 0 Å². The number of benzene rings is 4. The van der Waals surface area contributed by atoms with Crippen LogP contribution in [0.3, 0.4) is 0 Å². The van der Waals surface area contributed by atoms with Gasteiger partial charge in [-0.2, -0.15) is 19.9 Å². The summed E-state index contributed by atoms with van der Waals surface area (Å²) in [6, 6.07) is 13.0. The number of rotatable bonds is 40. The molecular weight excluding hydrogens is 1740 g/mol. The number of aliphatic carboxylic acids is 4. The molecule has 0 radical (unpaired) electrons. The number of carboxylic acids is 4. The van der Waals surface area contributed by atoms with Crippen molar-refractivity contribution in [3.8, 4) is 0 Å². The minimum atomic E-state index is -7.43. The molecule has 12 aromatic rings. The van der Waals surface area contributed by atoms with Gasteiger partial charge in [-0.05, 0) is 0 Å². The van der Waals surface area contributed by atoms with Gasteiger partial charge in [-0.25, -0.2) is 39.9 Å². The normalized spacial score (nSPS) is 12.2. The van der Waals surface area contributed by atoms with E-state index in [1.165, 1.54) is 122 Å². The molecule has 0 aliphatic rings. The van der Waals surface area contributed by atoms with E-state index in [-0.39, 0.29) is 140 Å². The number of nitrogens with one attached hydrogen (secondary N) is 12. The molecule has 4 aromatic carbocycles. The van der Waals surface area contributed by atoms with Gasteiger partial charge in [0.05, 0.1) is 47.6 Å². The van der Waals surface area contributed by atoms with Crippen LogP contribution in [0.2, 0.25) is 0 Å². The maximum Gasteiger partial charge on any atom is 0.280 e. The summed E-state index contributed by atoms with van der Waals surface area (Å²) < 4.78 is -6.15. The fraction of sp³-hybridized carbons (Fsp3) is 0.211. The van der Waals surface area contributed by atoms with Crippen molar-refractivity contribution in [1.29, 1.82) is 0 Å². The zero-order chi connectivity index (χ0) is 89.5. The van der Waals surface area contributed by atoms with Crippen molar-refractivity contribution in [2.24, 2.45) is 0 Å². The molecule has 0 saturated carbocycles. The fourth-order valence-corrected chi connectivity index (χ4v) is 24.0. The van der Waals surface area contributed by atoms with E-state index >= 15 is 19.2 Å². The Kier molecular flexibility index (Phi) is 27.1. The van der Waals surface area contributed by atoms with E-state index < -0.39 is 179 Å². The number of hydrogen-bond acceptors (Lipinski definition) is 36. The van der Waals surface area contributed by atoms with Crippen molar-refractivity contribution < 1.29 is 78.0 Å². The Labute approximate surface area is 701 Å². The monoisotopic (exact) mass is 1820 g/mol. The summed E-state index contributed by atoms with van der Waals surface area (Å²) in [5, 5.41) is 63.8. The molecule has 12 rings (SSSR count). The standard InChI is InChI=1S/4C19H18N7O5.Sn/c4*20-19-25-15-14(17(29)26-19)23-12(9-22-15)8-21-11-5-3-10(4-6-11)16(28)24-13(18(30)31)2-1-7-27;/h4*3-6,9,13,21H,1-2,8H2,(H,24,28)(H,30,31)(H3,20,22,25,26,29);/t4*13-;/m0000./s1. The first kappa shape index (κ1) is 87.7. The average molecular weight is 1820 g/mol. The third-order valence-electron chi connectivity index (χ3n) is 19.2. The summed E-state index contributed by atoms with van der Waals surface area (Å²) in [5.74, 6) is -12.2. The molecule has 0 aliphatic heterocycles. The first-order valence-electron chi connectivity index (χ1n) is 37.4. The number of amides is 4. The van der Waals surface area contributed by atoms with Crippen LogP contribution in [0.4, 0.5) is 46.5 Å². The van der Waals surface area contributed by atoms with Gasteiger partial charge in [0.1, 0.15) is 0 Å². The van der Waals surface area contributed by atoms with Gasteiger partial charge >= 0.3 is 445 Å². The van der Waals surface area contributed by atoms with E-state index in [1.54, 1.807) is 0 Å². The maximum absolute atomic E-state index is 15.7.